The summed E-state index contributed by atoms with van der Waals surface area (Å²) in [6.07, 6.45) is 0. The third-order valence-corrected chi connectivity index (χ3v) is 10.7. The van der Waals surface area contributed by atoms with Crippen molar-refractivity contribution in [3.8, 4) is 28.7 Å². The summed E-state index contributed by atoms with van der Waals surface area (Å²) in [7, 11) is -15.9. The van der Waals surface area contributed by atoms with Gasteiger partial charge in [0.05, 0.1) is 22.7 Å². The molecule has 1 unspecified atom stereocenters. The molecule has 0 aromatic heterocycles. The first-order valence-electron chi connectivity index (χ1n) is 12.9. The number of hydrogen-bond donors (Lipinski definition) is 6. The van der Waals surface area contributed by atoms with Gasteiger partial charge in [-0.25, -0.2) is 14.2 Å². The number of fused-ring (bicyclic) bond motifs is 4. The highest BCUT2D eigenvalue weighted by molar-refractivity contribution is 7.87. The van der Waals surface area contributed by atoms with Crippen LogP contribution in [0.3, 0.4) is 0 Å². The minimum Gasteiger partial charge on any atom is -0.740 e. The fourth-order valence-corrected chi connectivity index (χ4v) is 7.99. The van der Waals surface area contributed by atoms with Crippen LogP contribution in [0.2, 0.25) is 10.0 Å². The third-order valence-electron chi connectivity index (χ3n) is 6.98. The van der Waals surface area contributed by atoms with E-state index >= 15 is 0 Å². The van der Waals surface area contributed by atoms with Gasteiger partial charge in [0, 0.05) is 0 Å². The average Bonchev–Trinajstić information content (AvgIpc) is 2.98. The number of nitrogens with one attached hydrogen (secondary N) is 1. The Morgan fingerprint density at radius 2 is 1.60 bits per heavy atom. The number of nitrogen functional groups attached to an aromatic ring is 2. The maximum Gasteiger partial charge on any atom is 0.300 e. The summed E-state index contributed by atoms with van der Waals surface area (Å²) in [5, 5.41) is 0.807. The van der Waals surface area contributed by atoms with E-state index in [4.69, 9.17) is 43.8 Å². The Labute approximate surface area is 292 Å². The molecule has 0 spiro atoms. The van der Waals surface area contributed by atoms with E-state index in [9.17, 15) is 47.7 Å². The van der Waals surface area contributed by atoms with Crippen molar-refractivity contribution in [2.45, 2.75) is 21.6 Å². The van der Waals surface area contributed by atoms with Crippen LogP contribution in [0.1, 0.15) is 5.56 Å². The Hall–Kier alpha value is -4.30. The van der Waals surface area contributed by atoms with E-state index in [2.05, 4.69) is 19.5 Å². The van der Waals surface area contributed by atoms with Gasteiger partial charge in [-0.3, -0.25) is 13.7 Å². The van der Waals surface area contributed by atoms with Crippen LogP contribution < -0.4 is 31.1 Å². The number of aryl methyl sites for hydroxylation is 1. The first-order chi connectivity index (χ1) is 23.1. The molecule has 8 N–H and O–H groups in total. The number of rotatable bonds is 6. The van der Waals surface area contributed by atoms with Crippen LogP contribution in [0.5, 0.6) is 17.2 Å². The van der Waals surface area contributed by atoms with E-state index in [1.54, 1.807) is 0 Å². The Morgan fingerprint density at radius 1 is 0.940 bits per heavy atom. The number of nitrogens with two attached hydrogens (primary N) is 2. The highest BCUT2D eigenvalue weighted by atomic mass is 35.5. The van der Waals surface area contributed by atoms with E-state index in [1.165, 1.54) is 13.0 Å². The van der Waals surface area contributed by atoms with Crippen LogP contribution >= 0.6 is 23.2 Å². The van der Waals surface area contributed by atoms with Crippen LogP contribution in [0.4, 0.5) is 28.4 Å². The number of aromatic nitrogens is 1. The quantitative estimate of drug-likeness (QED) is 0.0604. The number of benzene rings is 4. The first kappa shape index (κ1) is 35.5. The van der Waals surface area contributed by atoms with Gasteiger partial charge in [0.15, 0.2) is 38.4 Å². The second-order valence-electron chi connectivity index (χ2n) is 10.2. The van der Waals surface area contributed by atoms with E-state index in [0.717, 1.165) is 18.2 Å². The van der Waals surface area contributed by atoms with Gasteiger partial charge in [-0.1, -0.05) is 23.2 Å². The second kappa shape index (κ2) is 11.9. The Bertz CT molecular complexity index is 2760. The van der Waals surface area contributed by atoms with Gasteiger partial charge >= 0.3 is 10.1 Å². The predicted molar refractivity (Wildman–Crippen MR) is 175 cm³/mol. The van der Waals surface area contributed by atoms with E-state index in [0.29, 0.717) is 6.07 Å². The molecule has 3 aromatic rings. The monoisotopic (exact) mass is 808 g/mol. The zero-order valence-corrected chi connectivity index (χ0v) is 28.9. The van der Waals surface area contributed by atoms with Gasteiger partial charge in [-0.2, -0.15) is 25.3 Å². The van der Waals surface area contributed by atoms with E-state index in [-0.39, 0.29) is 39.8 Å². The molecular formula is C25H16Cl2N5O14S4-. The Kier molecular flexibility index (Phi) is 8.45. The summed E-state index contributed by atoms with van der Waals surface area (Å²) in [6.45, 7) is 1.34. The van der Waals surface area contributed by atoms with E-state index in [1.807, 2.05) is 0 Å². The largest absolute Gasteiger partial charge is 0.740 e. The lowest BCUT2D eigenvalue weighted by Gasteiger charge is -2.26. The van der Waals surface area contributed by atoms with Gasteiger partial charge in [-0.05, 0) is 42.8 Å². The van der Waals surface area contributed by atoms with Crippen LogP contribution in [0.15, 0.2) is 54.4 Å². The second-order valence-corrected chi connectivity index (χ2v) is 15.7. The molecule has 1 atom stereocenters. The summed E-state index contributed by atoms with van der Waals surface area (Å²) in [5.74, 6) is -2.06. The fraction of sp³-hybridized carbons (Fsp3) is 0.0400. The summed E-state index contributed by atoms with van der Waals surface area (Å²) in [5.41, 5.74) is 8.84. The maximum atomic E-state index is 12.9. The standard InChI is InChI=1S/C25H17Cl2N5O14S4/c1-7-4-13(46-47(33)34)9(29)5-11(7)31-17-14(48(35,36)37)6-12-21(25(17)50(41,42)43)45-23-15(26)18-22(16(27)19(23)32-12)44-20-10(30-18)3-2-8(28)24(20)49(38,39)40/h2-6,30H,28-29H2,1H3,(H,33,34)(H,35,36,37)(H,38,39,40)(H,41,42,43)/p-1. The molecule has 6 rings (SSSR count). The number of anilines is 4. The molecule has 0 radical (unpaired) electrons. The molecule has 0 saturated heterocycles. The van der Waals surface area contributed by atoms with Crippen molar-refractivity contribution in [1.29, 1.82) is 0 Å². The van der Waals surface area contributed by atoms with E-state index < -0.39 is 106 Å². The zero-order chi connectivity index (χ0) is 36.8. The van der Waals surface area contributed by atoms with Gasteiger partial charge in [-0.15, -0.1) is 0 Å². The topological polar surface area (TPSA) is 324 Å². The number of ether oxygens (including phenoxy) is 1. The van der Waals surface area contributed by atoms with Gasteiger partial charge in [0.1, 0.15) is 48.6 Å². The molecule has 2 heterocycles. The minimum absolute atomic E-state index is 0.0580. The highest BCUT2D eigenvalue weighted by Crippen LogP contribution is 2.55. The summed E-state index contributed by atoms with van der Waals surface area (Å²) < 4.78 is 144. The fourth-order valence-electron chi connectivity index (χ4n) is 4.93. The molecule has 19 nitrogen and oxygen atoms in total. The van der Waals surface area contributed by atoms with Crippen LogP contribution in [-0.2, 0) is 41.7 Å². The number of hydrogen-bond acceptors (Lipinski definition) is 16. The van der Waals surface area contributed by atoms with Crippen molar-refractivity contribution in [1.82, 2.24) is 4.98 Å². The van der Waals surface area contributed by atoms with Crippen LogP contribution in [0, 0.1) is 6.92 Å². The van der Waals surface area contributed by atoms with Crippen molar-refractivity contribution in [3.05, 3.63) is 51.3 Å². The third kappa shape index (κ3) is 6.06. The molecule has 1 aliphatic carbocycles. The highest BCUT2D eigenvalue weighted by Gasteiger charge is 2.36. The molecule has 0 amide bonds. The average molecular weight is 810 g/mol. The molecule has 2 aliphatic heterocycles. The molecular weight excluding hydrogens is 793 g/mol. The molecule has 0 fully saturated rings. The number of nitrogens with zero attached hydrogens (tertiary/aromatic N) is 2. The first-order valence-corrected chi connectivity index (χ1v) is 19.0. The van der Waals surface area contributed by atoms with Crippen molar-refractivity contribution in [2.24, 2.45) is 4.99 Å². The van der Waals surface area contributed by atoms with Crippen LogP contribution in [-0.4, -0.2) is 52.7 Å². The molecule has 0 saturated carbocycles. The smallest absolute Gasteiger partial charge is 0.300 e. The SMILES string of the molecule is Cc1cc(OS(=O)[O-])c(N)cc1N=c1c(S(=O)(=O)O)cc2nc3c(Cl)c4c(c(Cl)c3oc-2c1S(=O)(=O)O)Nc1ccc(N)c(S(=O)(=O)O)c1O4. The van der Waals surface area contributed by atoms with Gasteiger partial charge in [0.2, 0.25) is 0 Å². The molecule has 3 aliphatic rings. The molecule has 3 aromatic carbocycles. The molecule has 0 bridgehead atoms. The summed E-state index contributed by atoms with van der Waals surface area (Å²) in [6, 6.07) is 5.12. The summed E-state index contributed by atoms with van der Waals surface area (Å²) >= 11 is 10.2. The lowest BCUT2D eigenvalue weighted by Crippen LogP contribution is -2.24. The Balaban J connectivity index is 1.71. The maximum absolute atomic E-state index is 12.9. The summed E-state index contributed by atoms with van der Waals surface area (Å²) in [4.78, 5) is 4.85. The molecule has 264 valence electrons. The number of halogens is 2. The van der Waals surface area contributed by atoms with Crippen LogP contribution in [0.25, 0.3) is 22.6 Å². The van der Waals surface area contributed by atoms with Crippen molar-refractivity contribution in [3.63, 3.8) is 0 Å². The lowest BCUT2D eigenvalue weighted by atomic mass is 10.1. The van der Waals surface area contributed by atoms with Crippen molar-refractivity contribution >= 4 is 104 Å². The van der Waals surface area contributed by atoms with Crippen molar-refractivity contribution in [2.75, 3.05) is 16.8 Å². The lowest BCUT2D eigenvalue weighted by molar-refractivity contribution is 0.440. The predicted octanol–water partition coefficient (Wildman–Crippen LogP) is 3.71. The zero-order valence-electron chi connectivity index (χ0n) is 24.2. The minimum atomic E-state index is -5.53. The Morgan fingerprint density at radius 3 is 2.20 bits per heavy atom. The van der Waals surface area contributed by atoms with Gasteiger partial charge in [0.25, 0.3) is 20.2 Å². The molecule has 25 heteroatoms. The molecule has 50 heavy (non-hydrogen) atoms. The van der Waals surface area contributed by atoms with Crippen molar-refractivity contribution < 1.29 is 61.0 Å². The van der Waals surface area contributed by atoms with Gasteiger partial charge < -0.3 is 34.7 Å². The normalized spacial score (nSPS) is 14.2.